The van der Waals surface area contributed by atoms with Gasteiger partial charge in [0.25, 0.3) is 0 Å². The number of hydrogen-bond acceptors (Lipinski definition) is 6. The molecule has 3 aliphatic rings. The van der Waals surface area contributed by atoms with Gasteiger partial charge in [-0.15, -0.1) is 5.10 Å². The standard InChI is InChI=1S/C20H25N5O3/c1-20(19-21-22-23-25(19)15-5-3-2-4-6-15)10-9-18(26)24(20)12-14-7-8-16-17(11-14)28-13-27-16/h7-8,11,15H,2-6,9-10,12-13H2,1H3. The fraction of sp³-hybridized carbons (Fsp3) is 0.600. The number of rotatable bonds is 4. The lowest BCUT2D eigenvalue weighted by molar-refractivity contribution is -0.132. The summed E-state index contributed by atoms with van der Waals surface area (Å²) in [6, 6.07) is 6.18. The van der Waals surface area contributed by atoms with Crippen LogP contribution in [0.1, 0.15) is 69.3 Å². The van der Waals surface area contributed by atoms with Crippen LogP contribution < -0.4 is 9.47 Å². The van der Waals surface area contributed by atoms with Crippen molar-refractivity contribution in [2.24, 2.45) is 0 Å². The molecule has 148 valence electrons. The van der Waals surface area contributed by atoms with Gasteiger partial charge in [0.1, 0.15) is 5.54 Å². The van der Waals surface area contributed by atoms with Gasteiger partial charge in [-0.2, -0.15) is 0 Å². The number of likely N-dealkylation sites (tertiary alicyclic amines) is 1. The molecule has 3 heterocycles. The van der Waals surface area contributed by atoms with E-state index in [1.165, 1.54) is 19.3 Å². The number of amides is 1. The van der Waals surface area contributed by atoms with E-state index >= 15 is 0 Å². The molecule has 1 unspecified atom stereocenters. The Morgan fingerprint density at radius 1 is 1.18 bits per heavy atom. The molecule has 8 nitrogen and oxygen atoms in total. The highest BCUT2D eigenvalue weighted by Gasteiger charge is 2.47. The average Bonchev–Trinajstić information content (AvgIpc) is 3.44. The minimum atomic E-state index is -0.506. The zero-order valence-electron chi connectivity index (χ0n) is 16.1. The lowest BCUT2D eigenvalue weighted by Gasteiger charge is -2.35. The number of fused-ring (bicyclic) bond motifs is 1. The Balaban J connectivity index is 1.45. The Morgan fingerprint density at radius 2 is 2.00 bits per heavy atom. The van der Waals surface area contributed by atoms with Gasteiger partial charge in [0, 0.05) is 13.0 Å². The Bertz CT molecular complexity index is 892. The number of hydrogen-bond donors (Lipinski definition) is 0. The lowest BCUT2D eigenvalue weighted by atomic mass is 9.93. The normalized spacial score (nSPS) is 24.9. The third-order valence-corrected chi connectivity index (χ3v) is 6.40. The van der Waals surface area contributed by atoms with E-state index in [0.29, 0.717) is 19.0 Å². The lowest BCUT2D eigenvalue weighted by Crippen LogP contribution is -2.43. The van der Waals surface area contributed by atoms with Crippen LogP contribution in [-0.4, -0.2) is 37.8 Å². The van der Waals surface area contributed by atoms with Gasteiger partial charge in [0.15, 0.2) is 17.3 Å². The first-order valence-electron chi connectivity index (χ1n) is 10.1. The summed E-state index contributed by atoms with van der Waals surface area (Å²) in [6.45, 7) is 2.84. The Hall–Kier alpha value is -2.64. The highest BCUT2D eigenvalue weighted by atomic mass is 16.7. The summed E-state index contributed by atoms with van der Waals surface area (Å²) in [4.78, 5) is 14.7. The molecule has 1 amide bonds. The van der Waals surface area contributed by atoms with Crippen LogP contribution in [0.2, 0.25) is 0 Å². The van der Waals surface area contributed by atoms with Crippen LogP contribution in [0.5, 0.6) is 11.5 Å². The van der Waals surface area contributed by atoms with Gasteiger partial charge >= 0.3 is 0 Å². The van der Waals surface area contributed by atoms with E-state index in [1.807, 2.05) is 27.8 Å². The van der Waals surface area contributed by atoms with Crippen molar-refractivity contribution >= 4 is 5.91 Å². The van der Waals surface area contributed by atoms with Crippen molar-refractivity contribution in [1.29, 1.82) is 0 Å². The fourth-order valence-electron chi connectivity index (χ4n) is 4.73. The second-order valence-electron chi connectivity index (χ2n) is 8.18. The molecule has 28 heavy (non-hydrogen) atoms. The average molecular weight is 383 g/mol. The molecule has 2 aliphatic heterocycles. The van der Waals surface area contributed by atoms with Crippen molar-refractivity contribution < 1.29 is 14.3 Å². The van der Waals surface area contributed by atoms with E-state index in [4.69, 9.17) is 9.47 Å². The first-order valence-corrected chi connectivity index (χ1v) is 10.1. The fourth-order valence-corrected chi connectivity index (χ4v) is 4.73. The third kappa shape index (κ3) is 2.82. The van der Waals surface area contributed by atoms with Crippen LogP contribution >= 0.6 is 0 Å². The number of nitrogens with zero attached hydrogens (tertiary/aromatic N) is 5. The van der Waals surface area contributed by atoms with Crippen molar-refractivity contribution in [1.82, 2.24) is 25.1 Å². The van der Waals surface area contributed by atoms with Gasteiger partial charge in [-0.05, 0) is 54.3 Å². The predicted octanol–water partition coefficient (Wildman–Crippen LogP) is 2.94. The number of tetrazole rings is 1. The molecule has 1 aliphatic carbocycles. The van der Waals surface area contributed by atoms with Gasteiger partial charge in [0.05, 0.1) is 6.04 Å². The number of ether oxygens (including phenoxy) is 2. The van der Waals surface area contributed by atoms with E-state index in [1.54, 1.807) is 0 Å². The number of carbonyl (C=O) groups excluding carboxylic acids is 1. The minimum absolute atomic E-state index is 0.137. The van der Waals surface area contributed by atoms with Gasteiger partial charge in [-0.25, -0.2) is 4.68 Å². The molecule has 0 spiro atoms. The number of aromatic nitrogens is 4. The van der Waals surface area contributed by atoms with Crippen LogP contribution in [0.3, 0.4) is 0 Å². The molecule has 1 atom stereocenters. The van der Waals surface area contributed by atoms with E-state index in [-0.39, 0.29) is 12.7 Å². The molecular weight excluding hydrogens is 358 g/mol. The molecule has 1 aromatic carbocycles. The summed E-state index contributed by atoms with van der Waals surface area (Å²) >= 11 is 0. The highest BCUT2D eigenvalue weighted by molar-refractivity contribution is 5.79. The first-order chi connectivity index (χ1) is 13.6. The van der Waals surface area contributed by atoms with E-state index in [0.717, 1.165) is 42.1 Å². The van der Waals surface area contributed by atoms with Crippen LogP contribution in [0.15, 0.2) is 18.2 Å². The first kappa shape index (κ1) is 17.5. The minimum Gasteiger partial charge on any atom is -0.454 e. The Morgan fingerprint density at radius 3 is 2.86 bits per heavy atom. The van der Waals surface area contributed by atoms with E-state index < -0.39 is 5.54 Å². The van der Waals surface area contributed by atoms with Crippen LogP contribution in [-0.2, 0) is 16.9 Å². The second-order valence-corrected chi connectivity index (χ2v) is 8.18. The molecular formula is C20H25N5O3. The van der Waals surface area contributed by atoms with Crippen LogP contribution in [0.25, 0.3) is 0 Å². The van der Waals surface area contributed by atoms with Crippen LogP contribution in [0.4, 0.5) is 0 Å². The molecule has 1 aromatic heterocycles. The Kier molecular flexibility index (Phi) is 4.21. The summed E-state index contributed by atoms with van der Waals surface area (Å²) in [5.41, 5.74) is 0.511. The molecule has 0 bridgehead atoms. The van der Waals surface area contributed by atoms with Crippen molar-refractivity contribution in [3.05, 3.63) is 29.6 Å². The topological polar surface area (TPSA) is 82.4 Å². The predicted molar refractivity (Wildman–Crippen MR) is 99.6 cm³/mol. The zero-order valence-corrected chi connectivity index (χ0v) is 16.1. The smallest absolute Gasteiger partial charge is 0.231 e. The number of benzene rings is 1. The van der Waals surface area contributed by atoms with E-state index in [2.05, 4.69) is 22.4 Å². The highest BCUT2D eigenvalue weighted by Crippen LogP contribution is 2.42. The molecule has 0 radical (unpaired) electrons. The molecule has 2 aromatic rings. The van der Waals surface area contributed by atoms with E-state index in [9.17, 15) is 4.79 Å². The van der Waals surface area contributed by atoms with Gasteiger partial charge in [-0.1, -0.05) is 25.3 Å². The molecule has 0 N–H and O–H groups in total. The third-order valence-electron chi connectivity index (χ3n) is 6.40. The van der Waals surface area contributed by atoms with Crippen LogP contribution in [0, 0.1) is 0 Å². The summed E-state index contributed by atoms with van der Waals surface area (Å²) < 4.78 is 12.9. The summed E-state index contributed by atoms with van der Waals surface area (Å²) in [5, 5.41) is 12.7. The summed E-state index contributed by atoms with van der Waals surface area (Å²) in [7, 11) is 0. The second kappa shape index (κ2) is 6.76. The molecule has 1 saturated carbocycles. The molecule has 1 saturated heterocycles. The molecule has 2 fully saturated rings. The zero-order chi connectivity index (χ0) is 19.1. The molecule has 8 heteroatoms. The van der Waals surface area contributed by atoms with Gasteiger partial charge < -0.3 is 14.4 Å². The van der Waals surface area contributed by atoms with Crippen molar-refractivity contribution in [3.8, 4) is 11.5 Å². The molecule has 5 rings (SSSR count). The maximum absolute atomic E-state index is 12.8. The van der Waals surface area contributed by atoms with Crippen molar-refractivity contribution in [3.63, 3.8) is 0 Å². The van der Waals surface area contributed by atoms with Crippen molar-refractivity contribution in [2.45, 2.75) is 70.0 Å². The maximum atomic E-state index is 12.8. The maximum Gasteiger partial charge on any atom is 0.231 e. The Labute approximate surface area is 163 Å². The monoisotopic (exact) mass is 383 g/mol. The van der Waals surface area contributed by atoms with Crippen molar-refractivity contribution in [2.75, 3.05) is 6.79 Å². The number of carbonyl (C=O) groups is 1. The summed E-state index contributed by atoms with van der Waals surface area (Å²) in [6.07, 6.45) is 7.14. The van der Waals surface area contributed by atoms with Gasteiger partial charge in [-0.3, -0.25) is 4.79 Å². The quantitative estimate of drug-likeness (QED) is 0.807. The SMILES string of the molecule is CC1(c2nnnn2C2CCCCC2)CCC(=O)N1Cc1ccc2c(c1)OCO2. The largest absolute Gasteiger partial charge is 0.454 e. The van der Waals surface area contributed by atoms with Gasteiger partial charge in [0.2, 0.25) is 12.7 Å². The summed E-state index contributed by atoms with van der Waals surface area (Å²) in [5.74, 6) is 2.43.